The van der Waals surface area contributed by atoms with Crippen molar-refractivity contribution in [2.75, 3.05) is 0 Å². The van der Waals surface area contributed by atoms with Gasteiger partial charge in [0.15, 0.2) is 5.78 Å². The molecule has 1 saturated heterocycles. The highest BCUT2D eigenvalue weighted by molar-refractivity contribution is 6.00. The van der Waals surface area contributed by atoms with Crippen molar-refractivity contribution in [3.63, 3.8) is 0 Å². The number of carbonyl (C=O) groups excluding carboxylic acids is 2. The van der Waals surface area contributed by atoms with E-state index in [1.807, 2.05) is 6.92 Å². The predicted octanol–water partition coefficient (Wildman–Crippen LogP) is 1.86. The van der Waals surface area contributed by atoms with E-state index in [-0.39, 0.29) is 31.0 Å². The van der Waals surface area contributed by atoms with Crippen molar-refractivity contribution in [3.05, 3.63) is 12.2 Å². The highest BCUT2D eigenvalue weighted by Gasteiger charge is 2.65. The van der Waals surface area contributed by atoms with E-state index < -0.39 is 17.1 Å². The van der Waals surface area contributed by atoms with E-state index in [1.165, 1.54) is 6.08 Å². The fourth-order valence-corrected chi connectivity index (χ4v) is 3.92. The zero-order valence-corrected chi connectivity index (χ0v) is 10.7. The molecule has 0 bridgehead atoms. The molecule has 0 aromatic heterocycles. The summed E-state index contributed by atoms with van der Waals surface area (Å²) in [4.78, 5) is 23.8. The molecule has 4 heteroatoms. The minimum absolute atomic E-state index is 0. The maximum atomic E-state index is 12.2. The molecule has 19 heavy (non-hydrogen) atoms. The number of fused-ring (bicyclic) bond motifs is 3. The van der Waals surface area contributed by atoms with Gasteiger partial charge in [-0.1, -0.05) is 14.4 Å². The third kappa shape index (κ3) is 1.55. The van der Waals surface area contributed by atoms with Gasteiger partial charge in [-0.15, -0.1) is 0 Å². The lowest BCUT2D eigenvalue weighted by Gasteiger charge is -2.43. The first-order valence-electron chi connectivity index (χ1n) is 6.55. The number of esters is 1. The van der Waals surface area contributed by atoms with Gasteiger partial charge in [0.2, 0.25) is 0 Å². The van der Waals surface area contributed by atoms with Crippen molar-refractivity contribution in [3.8, 4) is 0 Å². The average molecular weight is 266 g/mol. The predicted molar refractivity (Wildman–Crippen MR) is 70.3 cm³/mol. The van der Waals surface area contributed by atoms with Crippen LogP contribution in [0.1, 0.15) is 40.5 Å². The SMILES string of the molecule is C.C[C@H]1CCC2CC(=O)OC2[C@]2(C)C(=O)C=C[C@@]12O. The first-order chi connectivity index (χ1) is 8.39. The summed E-state index contributed by atoms with van der Waals surface area (Å²) in [6, 6.07) is 0. The second-order valence-corrected chi connectivity index (χ2v) is 6.08. The van der Waals surface area contributed by atoms with Gasteiger partial charge in [0.05, 0.1) is 11.8 Å². The summed E-state index contributed by atoms with van der Waals surface area (Å²) in [7, 11) is 0. The van der Waals surface area contributed by atoms with Crippen molar-refractivity contribution in [2.45, 2.75) is 52.2 Å². The van der Waals surface area contributed by atoms with Crippen LogP contribution in [0, 0.1) is 17.3 Å². The Hall–Kier alpha value is -1.16. The molecule has 2 unspecified atom stereocenters. The van der Waals surface area contributed by atoms with Crippen LogP contribution in [0.2, 0.25) is 0 Å². The molecule has 2 fully saturated rings. The summed E-state index contributed by atoms with van der Waals surface area (Å²) >= 11 is 0. The summed E-state index contributed by atoms with van der Waals surface area (Å²) < 4.78 is 5.39. The van der Waals surface area contributed by atoms with Gasteiger partial charge in [-0.3, -0.25) is 9.59 Å². The molecule has 106 valence electrons. The number of allylic oxidation sites excluding steroid dienone is 1. The van der Waals surface area contributed by atoms with E-state index in [4.69, 9.17) is 4.74 Å². The standard InChI is InChI=1S/C14H18O4.CH4/c1-8-3-4-9-7-11(16)18-12(9)13(2)10(15)5-6-14(8,13)17;/h5-6,8-9,12,17H,3-4,7H2,1-2H3;1H4/t8-,9?,12?,13-,14+;/m0./s1. The topological polar surface area (TPSA) is 63.6 Å². The van der Waals surface area contributed by atoms with Gasteiger partial charge >= 0.3 is 5.97 Å². The zero-order valence-electron chi connectivity index (χ0n) is 10.7. The quantitative estimate of drug-likeness (QED) is 0.680. The second-order valence-electron chi connectivity index (χ2n) is 6.08. The van der Waals surface area contributed by atoms with Crippen LogP contribution in [-0.4, -0.2) is 28.6 Å². The summed E-state index contributed by atoms with van der Waals surface area (Å²) in [6.45, 7) is 3.71. The Morgan fingerprint density at radius 1 is 1.37 bits per heavy atom. The van der Waals surface area contributed by atoms with E-state index in [9.17, 15) is 14.7 Å². The normalized spacial score (nSPS) is 48.1. The Bertz CT molecular complexity index is 455. The summed E-state index contributed by atoms with van der Waals surface area (Å²) in [5.74, 6) is -0.316. The van der Waals surface area contributed by atoms with Crippen molar-refractivity contribution in [1.29, 1.82) is 0 Å². The van der Waals surface area contributed by atoms with Crippen LogP contribution >= 0.6 is 0 Å². The van der Waals surface area contributed by atoms with Crippen molar-refractivity contribution in [1.82, 2.24) is 0 Å². The smallest absolute Gasteiger partial charge is 0.306 e. The highest BCUT2D eigenvalue weighted by Crippen LogP contribution is 2.55. The van der Waals surface area contributed by atoms with Gasteiger partial charge in [-0.05, 0) is 37.8 Å². The van der Waals surface area contributed by atoms with Gasteiger partial charge in [-0.2, -0.15) is 0 Å². The Balaban J connectivity index is 0.00000133. The third-order valence-electron chi connectivity index (χ3n) is 5.24. The van der Waals surface area contributed by atoms with Gasteiger partial charge in [0, 0.05) is 5.92 Å². The van der Waals surface area contributed by atoms with Gasteiger partial charge < -0.3 is 9.84 Å². The molecule has 1 saturated carbocycles. The van der Waals surface area contributed by atoms with Gasteiger partial charge in [-0.25, -0.2) is 0 Å². The number of carbonyl (C=O) groups is 2. The Morgan fingerprint density at radius 3 is 2.74 bits per heavy atom. The molecule has 3 aliphatic rings. The second kappa shape index (κ2) is 4.17. The zero-order chi connectivity index (χ0) is 13.1. The van der Waals surface area contributed by atoms with Crippen LogP contribution in [0.5, 0.6) is 0 Å². The van der Waals surface area contributed by atoms with Crippen LogP contribution in [-0.2, 0) is 14.3 Å². The maximum absolute atomic E-state index is 12.2. The van der Waals surface area contributed by atoms with E-state index >= 15 is 0 Å². The monoisotopic (exact) mass is 266 g/mol. The molecule has 5 atom stereocenters. The lowest BCUT2D eigenvalue weighted by Crippen LogP contribution is -2.56. The van der Waals surface area contributed by atoms with Crippen molar-refractivity contribution >= 4 is 11.8 Å². The van der Waals surface area contributed by atoms with Gasteiger partial charge in [0.25, 0.3) is 0 Å². The van der Waals surface area contributed by atoms with Crippen LogP contribution in [0.4, 0.5) is 0 Å². The first kappa shape index (κ1) is 14.3. The molecule has 1 N–H and O–H groups in total. The summed E-state index contributed by atoms with van der Waals surface area (Å²) in [5.41, 5.74) is -2.20. The number of ketones is 1. The summed E-state index contributed by atoms with van der Waals surface area (Å²) in [5, 5.41) is 10.9. The van der Waals surface area contributed by atoms with E-state index in [2.05, 4.69) is 0 Å². The molecule has 0 amide bonds. The highest BCUT2D eigenvalue weighted by atomic mass is 16.6. The third-order valence-corrected chi connectivity index (χ3v) is 5.24. The molecule has 0 spiro atoms. The minimum atomic E-state index is -1.19. The fourth-order valence-electron chi connectivity index (χ4n) is 3.92. The van der Waals surface area contributed by atoms with Crippen LogP contribution in [0.3, 0.4) is 0 Å². The largest absolute Gasteiger partial charge is 0.461 e. The number of ether oxygens (including phenoxy) is 1. The molecule has 4 nitrogen and oxygen atoms in total. The Kier molecular flexibility index (Phi) is 3.13. The van der Waals surface area contributed by atoms with E-state index in [0.717, 1.165) is 12.8 Å². The molecule has 1 heterocycles. The van der Waals surface area contributed by atoms with Crippen LogP contribution in [0.15, 0.2) is 12.2 Å². The van der Waals surface area contributed by atoms with Crippen molar-refractivity contribution < 1.29 is 19.4 Å². The number of hydrogen-bond donors (Lipinski definition) is 1. The molecule has 0 radical (unpaired) electrons. The fraction of sp³-hybridized carbons (Fsp3) is 0.733. The molecular weight excluding hydrogens is 244 g/mol. The van der Waals surface area contributed by atoms with Gasteiger partial charge in [0.1, 0.15) is 11.7 Å². The average Bonchev–Trinajstić information content (AvgIpc) is 2.79. The van der Waals surface area contributed by atoms with Crippen molar-refractivity contribution in [2.24, 2.45) is 17.3 Å². The number of hydrogen-bond acceptors (Lipinski definition) is 4. The molecule has 2 aliphatic carbocycles. The minimum Gasteiger partial charge on any atom is -0.461 e. The lowest BCUT2D eigenvalue weighted by molar-refractivity contribution is -0.166. The Labute approximate surface area is 113 Å². The van der Waals surface area contributed by atoms with Crippen LogP contribution < -0.4 is 0 Å². The molecule has 1 aliphatic heterocycles. The number of rotatable bonds is 0. The molecular formula is C15H22O4. The van der Waals surface area contributed by atoms with E-state index in [1.54, 1.807) is 13.0 Å². The maximum Gasteiger partial charge on any atom is 0.306 e. The van der Waals surface area contributed by atoms with Crippen LogP contribution in [0.25, 0.3) is 0 Å². The Morgan fingerprint density at radius 2 is 2.05 bits per heavy atom. The number of aliphatic hydroxyl groups is 1. The first-order valence-corrected chi connectivity index (χ1v) is 6.55. The molecule has 0 aromatic carbocycles. The summed E-state index contributed by atoms with van der Waals surface area (Å²) in [6.07, 6.45) is 4.58. The molecule has 3 rings (SSSR count). The molecule has 0 aromatic rings. The van der Waals surface area contributed by atoms with E-state index in [0.29, 0.717) is 6.42 Å². The lowest BCUT2D eigenvalue weighted by atomic mass is 9.65.